The van der Waals surface area contributed by atoms with Crippen LogP contribution >= 0.6 is 24.0 Å². The van der Waals surface area contributed by atoms with E-state index in [9.17, 15) is 0 Å². The third-order valence-electron chi connectivity index (χ3n) is 5.32. The Labute approximate surface area is 191 Å². The van der Waals surface area contributed by atoms with Gasteiger partial charge in [0.25, 0.3) is 0 Å². The highest BCUT2D eigenvalue weighted by molar-refractivity contribution is 14.0. The van der Waals surface area contributed by atoms with Crippen LogP contribution in [0.3, 0.4) is 0 Å². The second kappa shape index (κ2) is 12.1. The van der Waals surface area contributed by atoms with Crippen LogP contribution in [0.4, 0.5) is 5.69 Å². The highest BCUT2D eigenvalue weighted by Gasteiger charge is 2.15. The van der Waals surface area contributed by atoms with Crippen molar-refractivity contribution >= 4 is 35.6 Å². The van der Waals surface area contributed by atoms with Gasteiger partial charge in [0.05, 0.1) is 13.2 Å². The van der Waals surface area contributed by atoms with E-state index in [0.29, 0.717) is 19.1 Å². The molecular weight excluding hydrogens is 475 g/mol. The molecule has 2 aromatic rings. The number of halogens is 1. The lowest BCUT2D eigenvalue weighted by Gasteiger charge is -2.30. The number of guanidine groups is 1. The number of rotatable bonds is 7. The number of hydrogen-bond donors (Lipinski definition) is 2. The zero-order valence-corrected chi connectivity index (χ0v) is 19.8. The van der Waals surface area contributed by atoms with Crippen LogP contribution in [0.25, 0.3) is 0 Å². The van der Waals surface area contributed by atoms with Crippen molar-refractivity contribution in [3.05, 3.63) is 65.2 Å². The molecule has 0 aliphatic carbocycles. The number of nitrogens with zero attached hydrogens (tertiary/aromatic N) is 2. The number of para-hydroxylation sites is 1. The molecule has 0 unspecified atom stereocenters. The van der Waals surface area contributed by atoms with E-state index in [2.05, 4.69) is 46.4 Å². The predicted octanol–water partition coefficient (Wildman–Crippen LogP) is 4.61. The van der Waals surface area contributed by atoms with Crippen LogP contribution in [-0.2, 0) is 24.4 Å². The number of piperidine rings is 1. The summed E-state index contributed by atoms with van der Waals surface area (Å²) in [7, 11) is 1.68. The number of ether oxygens (including phenoxy) is 1. The Morgan fingerprint density at radius 2 is 1.76 bits per heavy atom. The van der Waals surface area contributed by atoms with Crippen LogP contribution in [0.1, 0.15) is 36.5 Å². The van der Waals surface area contributed by atoms with Gasteiger partial charge in [0, 0.05) is 24.9 Å². The highest BCUT2D eigenvalue weighted by atomic mass is 127. The van der Waals surface area contributed by atoms with Crippen LogP contribution in [0, 0.1) is 5.92 Å². The summed E-state index contributed by atoms with van der Waals surface area (Å²) >= 11 is 0. The molecule has 0 spiro atoms. The minimum atomic E-state index is 0. The molecule has 158 valence electrons. The molecule has 2 aromatic carbocycles. The zero-order valence-electron chi connectivity index (χ0n) is 17.4. The molecule has 0 atom stereocenters. The third-order valence-corrected chi connectivity index (χ3v) is 5.32. The van der Waals surface area contributed by atoms with Gasteiger partial charge >= 0.3 is 0 Å². The lowest BCUT2D eigenvalue weighted by molar-refractivity contribution is 0.185. The maximum Gasteiger partial charge on any atom is 0.193 e. The van der Waals surface area contributed by atoms with Crippen LogP contribution in [0.2, 0.25) is 0 Å². The van der Waals surface area contributed by atoms with Crippen LogP contribution in [-0.4, -0.2) is 31.1 Å². The molecule has 5 nitrogen and oxygen atoms in total. The molecule has 1 heterocycles. The second-order valence-electron chi connectivity index (χ2n) is 7.69. The zero-order chi connectivity index (χ0) is 19.8. The first-order chi connectivity index (χ1) is 13.6. The Kier molecular flexibility index (Phi) is 9.90. The minimum Gasteiger partial charge on any atom is -0.380 e. The molecule has 0 bridgehead atoms. The Morgan fingerprint density at radius 1 is 1.10 bits per heavy atom. The van der Waals surface area contributed by atoms with Crippen molar-refractivity contribution in [3.8, 4) is 0 Å². The van der Waals surface area contributed by atoms with Gasteiger partial charge in [-0.15, -0.1) is 24.0 Å². The van der Waals surface area contributed by atoms with Crippen molar-refractivity contribution in [3.63, 3.8) is 0 Å². The van der Waals surface area contributed by atoms with Crippen molar-refractivity contribution in [2.24, 2.45) is 16.6 Å². The van der Waals surface area contributed by atoms with E-state index in [1.54, 1.807) is 7.11 Å². The van der Waals surface area contributed by atoms with E-state index < -0.39 is 0 Å². The molecule has 0 radical (unpaired) electrons. The van der Waals surface area contributed by atoms with Crippen molar-refractivity contribution in [2.45, 2.75) is 39.5 Å². The number of nitrogens with two attached hydrogens (primary N) is 1. The summed E-state index contributed by atoms with van der Waals surface area (Å²) in [4.78, 5) is 7.02. The van der Waals surface area contributed by atoms with E-state index in [1.165, 1.54) is 31.5 Å². The molecule has 3 rings (SSSR count). The van der Waals surface area contributed by atoms with Crippen LogP contribution in [0.5, 0.6) is 0 Å². The van der Waals surface area contributed by atoms with E-state index in [-0.39, 0.29) is 24.0 Å². The van der Waals surface area contributed by atoms with Gasteiger partial charge in [-0.2, -0.15) is 0 Å². The summed E-state index contributed by atoms with van der Waals surface area (Å²) in [5.74, 6) is 1.28. The van der Waals surface area contributed by atoms with Gasteiger partial charge in [-0.25, -0.2) is 4.99 Å². The summed E-state index contributed by atoms with van der Waals surface area (Å²) in [5.41, 5.74) is 10.6. The van der Waals surface area contributed by atoms with Gasteiger partial charge in [-0.1, -0.05) is 49.4 Å². The van der Waals surface area contributed by atoms with E-state index in [1.807, 2.05) is 24.3 Å². The molecule has 1 saturated heterocycles. The number of benzene rings is 2. The summed E-state index contributed by atoms with van der Waals surface area (Å²) in [5, 5.41) is 3.18. The monoisotopic (exact) mass is 508 g/mol. The topological polar surface area (TPSA) is 62.9 Å². The van der Waals surface area contributed by atoms with Crippen molar-refractivity contribution in [1.29, 1.82) is 0 Å². The molecule has 3 N–H and O–H groups in total. The van der Waals surface area contributed by atoms with E-state index >= 15 is 0 Å². The molecule has 1 aliphatic rings. The summed E-state index contributed by atoms with van der Waals surface area (Å²) in [6, 6.07) is 16.7. The summed E-state index contributed by atoms with van der Waals surface area (Å²) < 4.78 is 5.23. The Morgan fingerprint density at radius 3 is 2.45 bits per heavy atom. The van der Waals surface area contributed by atoms with Crippen molar-refractivity contribution in [1.82, 2.24) is 4.90 Å². The summed E-state index contributed by atoms with van der Waals surface area (Å²) in [6.45, 7) is 6.90. The lowest BCUT2D eigenvalue weighted by atomic mass is 9.99. The molecule has 0 amide bonds. The standard InChI is InChI=1S/C23H32N4O.HI/c1-18-11-13-27(14-12-18)16-20-9-7-19(8-10-20)15-25-23(24)26-22-6-4-3-5-21(22)17-28-2;/h3-10,18H,11-17H2,1-2H3,(H3,24,25,26);1H. The summed E-state index contributed by atoms with van der Waals surface area (Å²) in [6.07, 6.45) is 2.62. The normalized spacial score (nSPS) is 15.7. The smallest absolute Gasteiger partial charge is 0.193 e. The predicted molar refractivity (Wildman–Crippen MR) is 132 cm³/mol. The first-order valence-electron chi connectivity index (χ1n) is 10.1. The maximum atomic E-state index is 6.07. The first kappa shape index (κ1) is 23.6. The number of hydrogen-bond acceptors (Lipinski definition) is 3. The highest BCUT2D eigenvalue weighted by Crippen LogP contribution is 2.19. The fourth-order valence-corrected chi connectivity index (χ4v) is 3.51. The first-order valence-corrected chi connectivity index (χ1v) is 10.1. The molecule has 1 fully saturated rings. The Balaban J connectivity index is 0.00000300. The number of nitrogens with one attached hydrogen (secondary N) is 1. The minimum absolute atomic E-state index is 0. The molecule has 6 heteroatoms. The van der Waals surface area contributed by atoms with Gasteiger partial charge in [-0.05, 0) is 49.0 Å². The number of methoxy groups -OCH3 is 1. The molecule has 29 heavy (non-hydrogen) atoms. The SMILES string of the molecule is COCc1ccccc1NC(N)=NCc1ccc(CN2CCC(C)CC2)cc1.I. The van der Waals surface area contributed by atoms with Crippen molar-refractivity contribution < 1.29 is 4.74 Å². The fourth-order valence-electron chi connectivity index (χ4n) is 3.51. The van der Waals surface area contributed by atoms with Gasteiger partial charge in [0.1, 0.15) is 0 Å². The lowest BCUT2D eigenvalue weighted by Crippen LogP contribution is -2.32. The average Bonchev–Trinajstić information content (AvgIpc) is 2.71. The molecule has 0 aromatic heterocycles. The van der Waals surface area contributed by atoms with Gasteiger partial charge in [0.2, 0.25) is 0 Å². The van der Waals surface area contributed by atoms with E-state index in [4.69, 9.17) is 10.5 Å². The van der Waals surface area contributed by atoms with Crippen molar-refractivity contribution in [2.75, 3.05) is 25.5 Å². The fraction of sp³-hybridized carbons (Fsp3) is 0.435. The number of anilines is 1. The molecule has 0 saturated carbocycles. The third kappa shape index (κ3) is 7.60. The largest absolute Gasteiger partial charge is 0.380 e. The Hall–Kier alpha value is -1.64. The van der Waals surface area contributed by atoms with Gasteiger partial charge in [0.15, 0.2) is 5.96 Å². The second-order valence-corrected chi connectivity index (χ2v) is 7.69. The number of aliphatic imine (C=N–C) groups is 1. The number of likely N-dealkylation sites (tertiary alicyclic amines) is 1. The molecular formula is C23H33IN4O. The Bertz CT molecular complexity index is 771. The molecule has 1 aliphatic heterocycles. The average molecular weight is 508 g/mol. The van der Waals surface area contributed by atoms with Gasteiger partial charge in [-0.3, -0.25) is 4.90 Å². The quantitative estimate of drug-likeness (QED) is 0.326. The maximum absolute atomic E-state index is 6.07. The van der Waals surface area contributed by atoms with Crippen LogP contribution < -0.4 is 11.1 Å². The van der Waals surface area contributed by atoms with Crippen LogP contribution in [0.15, 0.2) is 53.5 Å². The van der Waals surface area contributed by atoms with Gasteiger partial charge < -0.3 is 15.8 Å². The van der Waals surface area contributed by atoms with E-state index in [0.717, 1.165) is 29.3 Å².